The summed E-state index contributed by atoms with van der Waals surface area (Å²) >= 11 is 5.93. The van der Waals surface area contributed by atoms with Gasteiger partial charge in [0, 0.05) is 48.8 Å². The first-order valence-corrected chi connectivity index (χ1v) is 22.8. The minimum atomic E-state index is -0.158. The average molecular weight is 880 g/mol. The Bertz CT molecular complexity index is 2460. The van der Waals surface area contributed by atoms with Gasteiger partial charge < -0.3 is 39.9 Å². The molecular formula is C50H54ClN9O4. The maximum absolute atomic E-state index is 12.6. The van der Waals surface area contributed by atoms with Crippen LogP contribution in [0.2, 0.25) is 0 Å². The monoisotopic (exact) mass is 879 g/mol. The van der Waals surface area contributed by atoms with Crippen LogP contribution in [0.3, 0.4) is 0 Å². The number of piperidine rings is 1. The SMILES string of the molecule is Nc1nnc(-c2ccccc2O)cc1N1CC2CCC(C1)N2c1ncc(C2CCN(CCCCOc3ccc(Oc4ccc(N(Cc5ccccc5)C(=O)CCl)cc4)cc3)CC2)cn1. The predicted octanol–water partition coefficient (Wildman–Crippen LogP) is 8.68. The fraction of sp³-hybridized carbons (Fsp3) is 0.340. The largest absolute Gasteiger partial charge is 0.507 e. The molecule has 3 aliphatic heterocycles. The van der Waals surface area contributed by atoms with E-state index < -0.39 is 0 Å². The van der Waals surface area contributed by atoms with Crippen molar-refractivity contribution in [1.29, 1.82) is 0 Å². The van der Waals surface area contributed by atoms with Gasteiger partial charge in [-0.3, -0.25) is 4.79 Å². The summed E-state index contributed by atoms with van der Waals surface area (Å²) in [6.45, 7) is 5.89. The first kappa shape index (κ1) is 42.8. The third-order valence-corrected chi connectivity index (χ3v) is 12.9. The van der Waals surface area contributed by atoms with Gasteiger partial charge in [0.25, 0.3) is 0 Å². The number of likely N-dealkylation sites (tertiary alicyclic amines) is 1. The number of hydrogen-bond donors (Lipinski definition) is 2. The number of aromatic nitrogens is 4. The molecule has 0 aliphatic carbocycles. The van der Waals surface area contributed by atoms with E-state index in [2.05, 4.69) is 37.3 Å². The van der Waals surface area contributed by atoms with Gasteiger partial charge in [0.15, 0.2) is 5.82 Å². The maximum atomic E-state index is 12.6. The van der Waals surface area contributed by atoms with E-state index in [-0.39, 0.29) is 29.6 Å². The van der Waals surface area contributed by atoms with Crippen molar-refractivity contribution in [1.82, 2.24) is 25.1 Å². The number of benzene rings is 4. The summed E-state index contributed by atoms with van der Waals surface area (Å²) in [5, 5.41) is 18.9. The lowest BCUT2D eigenvalue weighted by Gasteiger charge is -2.42. The normalized spacial score (nSPS) is 17.6. The molecule has 13 nitrogen and oxygen atoms in total. The first-order chi connectivity index (χ1) is 31.4. The summed E-state index contributed by atoms with van der Waals surface area (Å²) in [7, 11) is 0. The zero-order valence-electron chi connectivity index (χ0n) is 35.9. The Balaban J connectivity index is 0.685. The van der Waals surface area contributed by atoms with Crippen LogP contribution < -0.4 is 29.9 Å². The Kier molecular flexibility index (Phi) is 13.4. The summed E-state index contributed by atoms with van der Waals surface area (Å²) in [4.78, 5) is 31.4. The number of amides is 1. The molecule has 9 rings (SSSR count). The minimum absolute atomic E-state index is 0.0916. The number of fused-ring (bicyclic) bond motifs is 2. The molecule has 3 fully saturated rings. The number of carbonyl (C=O) groups is 1. The van der Waals surface area contributed by atoms with Gasteiger partial charge in [0.2, 0.25) is 11.9 Å². The molecule has 14 heteroatoms. The number of carbonyl (C=O) groups excluding carboxylic acids is 1. The second-order valence-electron chi connectivity index (χ2n) is 16.9. The van der Waals surface area contributed by atoms with E-state index in [0.717, 1.165) is 99.9 Å². The standard InChI is InChI=1S/C50H54ClN9O4/c51-29-48(62)59(32-35-8-2-1-3-9-35)38-14-16-42(17-15-38)64-43-20-18-41(19-21-43)63-27-7-6-24-57-25-22-36(23-26-57)37-30-53-50(54-31-37)60-39-12-13-40(60)34-58(33-39)46-28-45(55-56-49(46)52)44-10-4-5-11-47(44)61/h1-5,8-11,14-21,28,30-31,36,39-40,61H,6-7,12-13,22-27,29,32-34H2,(H2,52,56). The van der Waals surface area contributed by atoms with Crippen molar-refractivity contribution in [3.05, 3.63) is 133 Å². The number of nitrogens with zero attached hydrogens (tertiary/aromatic N) is 8. The van der Waals surface area contributed by atoms with E-state index in [1.54, 1.807) is 17.0 Å². The van der Waals surface area contributed by atoms with E-state index >= 15 is 0 Å². The molecule has 2 aromatic heterocycles. The molecule has 0 spiro atoms. The van der Waals surface area contributed by atoms with Crippen LogP contribution in [0.5, 0.6) is 23.0 Å². The molecule has 2 atom stereocenters. The number of para-hydroxylation sites is 1. The van der Waals surface area contributed by atoms with E-state index in [4.69, 9.17) is 36.8 Å². The highest BCUT2D eigenvalue weighted by Crippen LogP contribution is 2.39. The number of alkyl halides is 1. The number of anilines is 4. The van der Waals surface area contributed by atoms with Crippen LogP contribution in [0.1, 0.15) is 55.6 Å². The van der Waals surface area contributed by atoms with Gasteiger partial charge in [-0.25, -0.2) is 9.97 Å². The Hall–Kier alpha value is -6.44. The first-order valence-electron chi connectivity index (χ1n) is 22.3. The van der Waals surface area contributed by atoms with Crippen molar-refractivity contribution in [2.75, 3.05) is 65.6 Å². The molecule has 1 amide bonds. The van der Waals surface area contributed by atoms with Gasteiger partial charge in [0.1, 0.15) is 28.9 Å². The Morgan fingerprint density at radius 3 is 2.14 bits per heavy atom. The summed E-state index contributed by atoms with van der Waals surface area (Å²) in [5.41, 5.74) is 11.5. The highest BCUT2D eigenvalue weighted by Gasteiger charge is 2.42. The molecule has 6 aromatic rings. The van der Waals surface area contributed by atoms with E-state index in [1.807, 2.05) is 97.1 Å². The zero-order valence-corrected chi connectivity index (χ0v) is 36.6. The van der Waals surface area contributed by atoms with Crippen molar-refractivity contribution < 1.29 is 19.4 Å². The fourth-order valence-electron chi connectivity index (χ4n) is 9.28. The van der Waals surface area contributed by atoms with Crippen LogP contribution in [-0.4, -0.2) is 93.4 Å². The lowest BCUT2D eigenvalue weighted by atomic mass is 9.91. The number of rotatable bonds is 16. The van der Waals surface area contributed by atoms with Crippen LogP contribution in [0, 0.1) is 0 Å². The zero-order chi connectivity index (χ0) is 43.8. The van der Waals surface area contributed by atoms with Gasteiger partial charge >= 0.3 is 0 Å². The van der Waals surface area contributed by atoms with E-state index in [9.17, 15) is 9.90 Å². The molecule has 0 radical (unpaired) electrons. The van der Waals surface area contributed by atoms with Crippen molar-refractivity contribution in [3.8, 4) is 34.3 Å². The van der Waals surface area contributed by atoms with Gasteiger partial charge in [0.05, 0.1) is 24.5 Å². The Morgan fingerprint density at radius 2 is 1.45 bits per heavy atom. The number of aromatic hydroxyl groups is 1. The number of phenols is 1. The van der Waals surface area contributed by atoms with Gasteiger partial charge in [-0.15, -0.1) is 21.8 Å². The van der Waals surface area contributed by atoms with Gasteiger partial charge in [-0.2, -0.15) is 0 Å². The topological polar surface area (TPSA) is 146 Å². The summed E-state index contributed by atoms with van der Waals surface area (Å²) in [5.74, 6) is 3.79. The third kappa shape index (κ3) is 10.0. The molecule has 2 bridgehead atoms. The molecule has 0 saturated carbocycles. The Labute approximate surface area is 379 Å². The molecule has 4 aromatic carbocycles. The van der Waals surface area contributed by atoms with Crippen LogP contribution >= 0.6 is 11.6 Å². The number of nitrogen functional groups attached to an aromatic ring is 1. The molecule has 64 heavy (non-hydrogen) atoms. The number of phenolic OH excluding ortho intramolecular Hbond substituents is 1. The average Bonchev–Trinajstić information content (AvgIpc) is 3.60. The van der Waals surface area contributed by atoms with Crippen LogP contribution in [0.4, 0.5) is 23.1 Å². The van der Waals surface area contributed by atoms with Crippen LogP contribution in [0.25, 0.3) is 11.3 Å². The highest BCUT2D eigenvalue weighted by molar-refractivity contribution is 6.29. The number of halogens is 1. The summed E-state index contributed by atoms with van der Waals surface area (Å²) < 4.78 is 12.1. The highest BCUT2D eigenvalue weighted by atomic mass is 35.5. The van der Waals surface area contributed by atoms with Crippen LogP contribution in [-0.2, 0) is 11.3 Å². The van der Waals surface area contributed by atoms with Crippen LogP contribution in [0.15, 0.2) is 122 Å². The smallest absolute Gasteiger partial charge is 0.242 e. The lowest BCUT2D eigenvalue weighted by Crippen LogP contribution is -2.54. The van der Waals surface area contributed by atoms with Crippen molar-refractivity contribution in [3.63, 3.8) is 0 Å². The summed E-state index contributed by atoms with van der Waals surface area (Å²) in [6.07, 6.45) is 10.5. The lowest BCUT2D eigenvalue weighted by molar-refractivity contribution is -0.116. The van der Waals surface area contributed by atoms with Crippen molar-refractivity contribution in [2.45, 2.75) is 63.1 Å². The number of piperazine rings is 1. The number of hydrogen-bond acceptors (Lipinski definition) is 12. The molecule has 3 saturated heterocycles. The second kappa shape index (κ2) is 19.9. The van der Waals surface area contributed by atoms with Crippen molar-refractivity contribution >= 4 is 40.6 Å². The predicted molar refractivity (Wildman–Crippen MR) is 252 cm³/mol. The van der Waals surface area contributed by atoms with Gasteiger partial charge in [-0.1, -0.05) is 42.5 Å². The van der Waals surface area contributed by atoms with Gasteiger partial charge in [-0.05, 0) is 142 Å². The molecule has 330 valence electrons. The molecule has 3 N–H and O–H groups in total. The minimum Gasteiger partial charge on any atom is -0.507 e. The quantitative estimate of drug-likeness (QED) is 0.0709. The number of ether oxygens (including phenoxy) is 2. The number of unbranched alkanes of at least 4 members (excludes halogenated alkanes) is 1. The fourth-order valence-corrected chi connectivity index (χ4v) is 9.43. The van der Waals surface area contributed by atoms with Crippen molar-refractivity contribution in [2.24, 2.45) is 0 Å². The third-order valence-electron chi connectivity index (χ3n) is 12.7. The molecule has 2 unspecified atom stereocenters. The maximum Gasteiger partial charge on any atom is 0.242 e. The van der Waals surface area contributed by atoms with E-state index in [0.29, 0.717) is 47.6 Å². The molecule has 3 aliphatic rings. The number of nitrogens with two attached hydrogens (primary N) is 1. The summed E-state index contributed by atoms with van der Waals surface area (Å²) in [6, 6.07) is 34.7. The van der Waals surface area contributed by atoms with E-state index in [1.165, 1.54) is 5.56 Å². The molecule has 5 heterocycles. The second-order valence-corrected chi connectivity index (χ2v) is 17.1. The molecular weight excluding hydrogens is 826 g/mol. The Morgan fingerprint density at radius 1 is 0.797 bits per heavy atom.